The number of hydrogen-bond acceptors (Lipinski definition) is 2. The lowest BCUT2D eigenvalue weighted by molar-refractivity contribution is -0.129. The van der Waals surface area contributed by atoms with Gasteiger partial charge in [0, 0.05) is 5.88 Å². The Morgan fingerprint density at radius 2 is 2.17 bits per heavy atom. The van der Waals surface area contributed by atoms with Gasteiger partial charge in [0.25, 0.3) is 0 Å². The third kappa shape index (κ3) is 3.64. The Bertz CT molecular complexity index is 418. The van der Waals surface area contributed by atoms with Gasteiger partial charge in [0.1, 0.15) is 5.75 Å². The molecule has 0 aliphatic rings. The quantitative estimate of drug-likeness (QED) is 0.834. The molecule has 1 N–H and O–H groups in total. The number of ether oxygens (including phenoxy) is 1. The molecule has 18 heavy (non-hydrogen) atoms. The maximum Gasteiger partial charge on any atom is 0.227 e. The van der Waals surface area contributed by atoms with E-state index < -0.39 is 5.41 Å². The minimum atomic E-state index is -0.561. The van der Waals surface area contributed by atoms with Gasteiger partial charge in [-0.1, -0.05) is 12.1 Å². The Morgan fingerprint density at radius 3 is 2.72 bits per heavy atom. The van der Waals surface area contributed by atoms with Crippen LogP contribution in [0.15, 0.2) is 24.3 Å². The van der Waals surface area contributed by atoms with E-state index in [4.69, 9.17) is 16.3 Å². The molecule has 1 amide bonds. The van der Waals surface area contributed by atoms with E-state index >= 15 is 0 Å². The molecule has 0 bridgehead atoms. The Morgan fingerprint density at radius 1 is 1.50 bits per heavy atom. The van der Waals surface area contributed by atoms with Crippen LogP contribution < -0.4 is 10.1 Å². The molecule has 0 saturated heterocycles. The highest BCUT2D eigenvalue weighted by atomic mass is 35.5. The zero-order valence-electron chi connectivity index (χ0n) is 11.3. The van der Waals surface area contributed by atoms with Crippen molar-refractivity contribution < 1.29 is 9.53 Å². The van der Waals surface area contributed by atoms with Crippen molar-refractivity contribution in [3.8, 4) is 5.75 Å². The van der Waals surface area contributed by atoms with Crippen molar-refractivity contribution in [2.45, 2.75) is 26.8 Å². The maximum absolute atomic E-state index is 12.0. The van der Waals surface area contributed by atoms with Gasteiger partial charge in [0.05, 0.1) is 18.6 Å². The van der Waals surface area contributed by atoms with Gasteiger partial charge in [0.2, 0.25) is 5.91 Å². The Hall–Kier alpha value is -1.22. The number of amides is 1. The fraction of sp³-hybridized carbons (Fsp3) is 0.500. The highest BCUT2D eigenvalue weighted by molar-refractivity contribution is 6.19. The third-order valence-corrected chi connectivity index (χ3v) is 3.56. The summed E-state index contributed by atoms with van der Waals surface area (Å²) in [7, 11) is 1.62. The van der Waals surface area contributed by atoms with Crippen molar-refractivity contribution in [2.24, 2.45) is 5.41 Å². The maximum atomic E-state index is 12.0. The van der Waals surface area contributed by atoms with E-state index in [-0.39, 0.29) is 11.9 Å². The summed E-state index contributed by atoms with van der Waals surface area (Å²) < 4.78 is 5.16. The van der Waals surface area contributed by atoms with Crippen molar-refractivity contribution in [1.29, 1.82) is 0 Å². The van der Waals surface area contributed by atoms with Gasteiger partial charge in [-0.2, -0.15) is 0 Å². The summed E-state index contributed by atoms with van der Waals surface area (Å²) in [5.74, 6) is 1.03. The van der Waals surface area contributed by atoms with Crippen LogP contribution in [0.1, 0.15) is 32.4 Å². The number of methoxy groups -OCH3 is 1. The molecule has 0 spiro atoms. The Kier molecular flexibility index (Phi) is 5.03. The van der Waals surface area contributed by atoms with Crippen LogP contribution in [0.3, 0.4) is 0 Å². The van der Waals surface area contributed by atoms with Gasteiger partial charge < -0.3 is 10.1 Å². The first-order chi connectivity index (χ1) is 8.40. The first-order valence-corrected chi connectivity index (χ1v) is 6.45. The molecular formula is C14H20ClNO2. The smallest absolute Gasteiger partial charge is 0.227 e. The van der Waals surface area contributed by atoms with Crippen LogP contribution in [-0.4, -0.2) is 18.9 Å². The molecule has 100 valence electrons. The summed E-state index contributed by atoms with van der Waals surface area (Å²) >= 11 is 5.78. The fourth-order valence-corrected chi connectivity index (χ4v) is 1.57. The second kappa shape index (κ2) is 6.10. The monoisotopic (exact) mass is 269 g/mol. The van der Waals surface area contributed by atoms with Gasteiger partial charge in [-0.25, -0.2) is 0 Å². The molecule has 3 nitrogen and oxygen atoms in total. The summed E-state index contributed by atoms with van der Waals surface area (Å²) in [6, 6.07) is 7.58. The topological polar surface area (TPSA) is 38.3 Å². The number of hydrogen-bond donors (Lipinski definition) is 1. The molecule has 4 heteroatoms. The van der Waals surface area contributed by atoms with E-state index in [1.54, 1.807) is 7.11 Å². The molecule has 0 radical (unpaired) electrons. The summed E-state index contributed by atoms with van der Waals surface area (Å²) in [6.07, 6.45) is 0. The standard InChI is InChI=1S/C14H20ClNO2/c1-10(16-13(17)14(2,3)9-15)11-6-5-7-12(8-11)18-4/h5-8,10H,9H2,1-4H3,(H,16,17)/t10-/m0/s1. The average molecular weight is 270 g/mol. The first kappa shape index (κ1) is 14.8. The molecular weight excluding hydrogens is 250 g/mol. The molecule has 0 heterocycles. The van der Waals surface area contributed by atoms with E-state index in [0.29, 0.717) is 5.88 Å². The summed E-state index contributed by atoms with van der Waals surface area (Å²) in [6.45, 7) is 5.60. The number of benzene rings is 1. The van der Waals surface area contributed by atoms with E-state index in [2.05, 4.69) is 5.32 Å². The van der Waals surface area contributed by atoms with E-state index in [1.807, 2.05) is 45.0 Å². The van der Waals surface area contributed by atoms with Crippen LogP contribution in [0.4, 0.5) is 0 Å². The lowest BCUT2D eigenvalue weighted by Gasteiger charge is -2.24. The molecule has 0 unspecified atom stereocenters. The predicted octanol–water partition coefficient (Wildman–Crippen LogP) is 3.14. The van der Waals surface area contributed by atoms with Crippen molar-refractivity contribution >= 4 is 17.5 Å². The van der Waals surface area contributed by atoms with Crippen molar-refractivity contribution in [1.82, 2.24) is 5.32 Å². The molecule has 1 atom stereocenters. The van der Waals surface area contributed by atoms with Gasteiger partial charge in [-0.3, -0.25) is 4.79 Å². The SMILES string of the molecule is COc1cccc([C@H](C)NC(=O)C(C)(C)CCl)c1. The van der Waals surface area contributed by atoms with Gasteiger partial charge in [-0.05, 0) is 38.5 Å². The number of rotatable bonds is 5. The third-order valence-electron chi connectivity index (χ3n) is 2.89. The summed E-state index contributed by atoms with van der Waals surface area (Å²) in [5.41, 5.74) is 0.447. The minimum absolute atomic E-state index is 0.0483. The van der Waals surface area contributed by atoms with Crippen LogP contribution in [0.5, 0.6) is 5.75 Å². The van der Waals surface area contributed by atoms with Crippen molar-refractivity contribution in [3.63, 3.8) is 0 Å². The zero-order chi connectivity index (χ0) is 13.8. The van der Waals surface area contributed by atoms with Crippen LogP contribution in [0, 0.1) is 5.41 Å². The lowest BCUT2D eigenvalue weighted by Crippen LogP contribution is -2.39. The molecule has 0 saturated carbocycles. The van der Waals surface area contributed by atoms with Gasteiger partial charge >= 0.3 is 0 Å². The van der Waals surface area contributed by atoms with Crippen LogP contribution in [-0.2, 0) is 4.79 Å². The Labute approximate surface area is 113 Å². The highest BCUT2D eigenvalue weighted by Gasteiger charge is 2.27. The molecule has 0 aliphatic carbocycles. The molecule has 1 aromatic rings. The zero-order valence-corrected chi connectivity index (χ0v) is 12.0. The molecule has 0 fully saturated rings. The number of alkyl halides is 1. The number of nitrogens with one attached hydrogen (secondary N) is 1. The molecule has 1 aromatic carbocycles. The summed E-state index contributed by atoms with van der Waals surface area (Å²) in [4.78, 5) is 12.0. The number of carbonyl (C=O) groups excluding carboxylic acids is 1. The van der Waals surface area contributed by atoms with Crippen molar-refractivity contribution in [2.75, 3.05) is 13.0 Å². The average Bonchev–Trinajstić information content (AvgIpc) is 2.38. The van der Waals surface area contributed by atoms with Crippen LogP contribution >= 0.6 is 11.6 Å². The van der Waals surface area contributed by atoms with Crippen LogP contribution in [0.2, 0.25) is 0 Å². The highest BCUT2D eigenvalue weighted by Crippen LogP contribution is 2.22. The predicted molar refractivity (Wildman–Crippen MR) is 74.1 cm³/mol. The number of halogens is 1. The Balaban J connectivity index is 2.76. The number of carbonyl (C=O) groups is 1. The first-order valence-electron chi connectivity index (χ1n) is 5.91. The van der Waals surface area contributed by atoms with Crippen molar-refractivity contribution in [3.05, 3.63) is 29.8 Å². The normalized spacial score (nSPS) is 12.9. The minimum Gasteiger partial charge on any atom is -0.497 e. The van der Waals surface area contributed by atoms with E-state index in [1.165, 1.54) is 0 Å². The summed E-state index contributed by atoms with van der Waals surface area (Å²) in [5, 5.41) is 2.96. The van der Waals surface area contributed by atoms with E-state index in [9.17, 15) is 4.79 Å². The largest absolute Gasteiger partial charge is 0.497 e. The van der Waals surface area contributed by atoms with Crippen LogP contribution in [0.25, 0.3) is 0 Å². The molecule has 0 aromatic heterocycles. The molecule has 1 rings (SSSR count). The second-order valence-corrected chi connectivity index (χ2v) is 5.26. The fourth-order valence-electron chi connectivity index (χ4n) is 1.45. The van der Waals surface area contributed by atoms with Gasteiger partial charge in [0.15, 0.2) is 0 Å². The molecule has 0 aliphatic heterocycles. The lowest BCUT2D eigenvalue weighted by atomic mass is 9.94. The van der Waals surface area contributed by atoms with Gasteiger partial charge in [-0.15, -0.1) is 11.6 Å². The second-order valence-electron chi connectivity index (χ2n) is 4.99. The van der Waals surface area contributed by atoms with E-state index in [0.717, 1.165) is 11.3 Å².